The van der Waals surface area contributed by atoms with Crippen LogP contribution in [0.15, 0.2) is 48.0 Å². The maximum atomic E-state index is 12.2. The molecule has 1 N–H and O–H groups in total. The Labute approximate surface area is 154 Å². The SMILES string of the molecule is CC(C)n1nccc1NC(=O)CSc1nncn1-c1cccc(Cl)c1. The second-order valence-electron chi connectivity index (χ2n) is 5.56. The van der Waals surface area contributed by atoms with Gasteiger partial charge in [0.05, 0.1) is 17.6 Å². The summed E-state index contributed by atoms with van der Waals surface area (Å²) in [5.74, 6) is 0.757. The third-order valence-electron chi connectivity index (χ3n) is 3.36. The van der Waals surface area contributed by atoms with Crippen molar-refractivity contribution in [1.29, 1.82) is 0 Å². The van der Waals surface area contributed by atoms with E-state index in [1.54, 1.807) is 33.9 Å². The first-order valence-corrected chi connectivity index (χ1v) is 9.03. The Hall–Kier alpha value is -2.32. The fraction of sp³-hybridized carbons (Fsp3) is 0.250. The molecule has 0 unspecified atom stereocenters. The van der Waals surface area contributed by atoms with E-state index in [4.69, 9.17) is 11.6 Å². The highest BCUT2D eigenvalue weighted by Crippen LogP contribution is 2.22. The van der Waals surface area contributed by atoms with Crippen LogP contribution in [0.5, 0.6) is 0 Å². The molecule has 25 heavy (non-hydrogen) atoms. The van der Waals surface area contributed by atoms with E-state index in [-0.39, 0.29) is 17.7 Å². The van der Waals surface area contributed by atoms with Gasteiger partial charge in [-0.3, -0.25) is 9.36 Å². The molecule has 0 aliphatic carbocycles. The Morgan fingerprint density at radius 1 is 1.36 bits per heavy atom. The average molecular weight is 377 g/mol. The minimum atomic E-state index is -0.131. The molecule has 3 aromatic rings. The van der Waals surface area contributed by atoms with E-state index in [0.29, 0.717) is 16.0 Å². The number of rotatable bonds is 6. The van der Waals surface area contributed by atoms with Crippen LogP contribution >= 0.6 is 23.4 Å². The smallest absolute Gasteiger partial charge is 0.235 e. The summed E-state index contributed by atoms with van der Waals surface area (Å²) < 4.78 is 3.55. The number of carbonyl (C=O) groups excluding carboxylic acids is 1. The van der Waals surface area contributed by atoms with Gasteiger partial charge in [0, 0.05) is 17.1 Å². The maximum Gasteiger partial charge on any atom is 0.235 e. The number of amides is 1. The highest BCUT2D eigenvalue weighted by atomic mass is 35.5. The normalized spacial score (nSPS) is 11.0. The summed E-state index contributed by atoms with van der Waals surface area (Å²) in [6, 6.07) is 9.32. The molecule has 7 nitrogen and oxygen atoms in total. The first-order chi connectivity index (χ1) is 12.0. The second-order valence-corrected chi connectivity index (χ2v) is 6.93. The van der Waals surface area contributed by atoms with Gasteiger partial charge in [-0.25, -0.2) is 4.68 Å². The van der Waals surface area contributed by atoms with Crippen molar-refractivity contribution in [2.45, 2.75) is 25.0 Å². The lowest BCUT2D eigenvalue weighted by molar-refractivity contribution is -0.113. The number of carbonyl (C=O) groups is 1. The average Bonchev–Trinajstić information content (AvgIpc) is 3.21. The first kappa shape index (κ1) is 17.5. The molecule has 0 atom stereocenters. The quantitative estimate of drug-likeness (QED) is 0.667. The molecule has 0 saturated heterocycles. The van der Waals surface area contributed by atoms with Crippen molar-refractivity contribution >= 4 is 35.1 Å². The molecule has 0 bridgehead atoms. The third-order valence-corrected chi connectivity index (χ3v) is 4.54. The largest absolute Gasteiger partial charge is 0.310 e. The van der Waals surface area contributed by atoms with Crippen LogP contribution in [0.4, 0.5) is 5.82 Å². The van der Waals surface area contributed by atoms with Gasteiger partial charge in [0.25, 0.3) is 0 Å². The van der Waals surface area contributed by atoms with Crippen LogP contribution in [-0.4, -0.2) is 36.2 Å². The Kier molecular flexibility index (Phi) is 5.40. The molecule has 9 heteroatoms. The van der Waals surface area contributed by atoms with E-state index in [1.165, 1.54) is 11.8 Å². The van der Waals surface area contributed by atoms with Crippen molar-refractivity contribution in [2.75, 3.05) is 11.1 Å². The first-order valence-electron chi connectivity index (χ1n) is 7.66. The van der Waals surface area contributed by atoms with Crippen LogP contribution in [-0.2, 0) is 4.79 Å². The minimum absolute atomic E-state index is 0.131. The Balaban J connectivity index is 1.65. The summed E-state index contributed by atoms with van der Waals surface area (Å²) in [5, 5.41) is 16.3. The summed E-state index contributed by atoms with van der Waals surface area (Å²) >= 11 is 7.33. The molecule has 3 rings (SSSR count). The molecular weight excluding hydrogens is 360 g/mol. The standard InChI is InChI=1S/C16H17ClN6OS/c1-11(2)23-14(6-7-19-23)20-15(24)9-25-16-21-18-10-22(16)13-5-3-4-12(17)8-13/h3-8,10-11H,9H2,1-2H3,(H,20,24). The van der Waals surface area contributed by atoms with Crippen molar-refractivity contribution in [2.24, 2.45) is 0 Å². The number of thioether (sulfide) groups is 1. The predicted molar refractivity (Wildman–Crippen MR) is 98.3 cm³/mol. The fourth-order valence-electron chi connectivity index (χ4n) is 2.26. The predicted octanol–water partition coefficient (Wildman–Crippen LogP) is 3.43. The molecule has 2 heterocycles. The number of hydrogen-bond donors (Lipinski definition) is 1. The van der Waals surface area contributed by atoms with Crippen LogP contribution < -0.4 is 5.32 Å². The fourth-order valence-corrected chi connectivity index (χ4v) is 3.17. The molecule has 130 valence electrons. The van der Waals surface area contributed by atoms with Crippen molar-refractivity contribution in [1.82, 2.24) is 24.5 Å². The zero-order chi connectivity index (χ0) is 17.8. The summed E-state index contributed by atoms with van der Waals surface area (Å²) in [4.78, 5) is 12.2. The Morgan fingerprint density at radius 3 is 2.96 bits per heavy atom. The molecule has 0 saturated carbocycles. The maximum absolute atomic E-state index is 12.2. The van der Waals surface area contributed by atoms with E-state index >= 15 is 0 Å². The van der Waals surface area contributed by atoms with Gasteiger partial charge in [0.1, 0.15) is 12.1 Å². The number of halogens is 1. The van der Waals surface area contributed by atoms with Gasteiger partial charge in [-0.05, 0) is 32.0 Å². The van der Waals surface area contributed by atoms with E-state index in [0.717, 1.165) is 5.69 Å². The van der Waals surface area contributed by atoms with Crippen LogP contribution in [0, 0.1) is 0 Å². The summed E-state index contributed by atoms with van der Waals surface area (Å²) in [6.45, 7) is 4.01. The van der Waals surface area contributed by atoms with Crippen molar-refractivity contribution in [3.8, 4) is 5.69 Å². The zero-order valence-electron chi connectivity index (χ0n) is 13.8. The van der Waals surface area contributed by atoms with Gasteiger partial charge in [-0.15, -0.1) is 10.2 Å². The molecular formula is C16H17ClN6OS. The number of hydrogen-bond acceptors (Lipinski definition) is 5. The second kappa shape index (κ2) is 7.71. The summed E-state index contributed by atoms with van der Waals surface area (Å²) in [7, 11) is 0. The number of nitrogens with zero attached hydrogens (tertiary/aromatic N) is 5. The van der Waals surface area contributed by atoms with Crippen LogP contribution in [0.1, 0.15) is 19.9 Å². The minimum Gasteiger partial charge on any atom is -0.310 e. The third kappa shape index (κ3) is 4.21. The van der Waals surface area contributed by atoms with Crippen LogP contribution in [0.2, 0.25) is 5.02 Å². The van der Waals surface area contributed by atoms with Gasteiger partial charge < -0.3 is 5.32 Å². The van der Waals surface area contributed by atoms with Crippen molar-refractivity contribution in [3.05, 3.63) is 47.9 Å². The topological polar surface area (TPSA) is 77.6 Å². The number of nitrogens with one attached hydrogen (secondary N) is 1. The van der Waals surface area contributed by atoms with Gasteiger partial charge in [-0.1, -0.05) is 29.4 Å². The number of anilines is 1. The van der Waals surface area contributed by atoms with Gasteiger partial charge in [0.15, 0.2) is 5.16 Å². The van der Waals surface area contributed by atoms with Gasteiger partial charge in [-0.2, -0.15) is 5.10 Å². The Morgan fingerprint density at radius 2 is 2.20 bits per heavy atom. The molecule has 0 aliphatic rings. The lowest BCUT2D eigenvalue weighted by atomic mass is 10.3. The summed E-state index contributed by atoms with van der Waals surface area (Å²) in [5.41, 5.74) is 0.846. The summed E-state index contributed by atoms with van der Waals surface area (Å²) in [6.07, 6.45) is 3.26. The van der Waals surface area contributed by atoms with Gasteiger partial charge in [0.2, 0.25) is 5.91 Å². The highest BCUT2D eigenvalue weighted by molar-refractivity contribution is 7.99. The lowest BCUT2D eigenvalue weighted by Gasteiger charge is -2.11. The Bertz CT molecular complexity index is 875. The molecule has 1 aromatic carbocycles. The van der Waals surface area contributed by atoms with E-state index in [1.807, 2.05) is 32.0 Å². The molecule has 0 aliphatic heterocycles. The molecule has 2 aromatic heterocycles. The highest BCUT2D eigenvalue weighted by Gasteiger charge is 2.13. The monoisotopic (exact) mass is 376 g/mol. The lowest BCUT2D eigenvalue weighted by Crippen LogP contribution is -2.18. The molecule has 0 spiro atoms. The van der Waals surface area contributed by atoms with Crippen LogP contribution in [0.25, 0.3) is 5.69 Å². The zero-order valence-corrected chi connectivity index (χ0v) is 15.3. The van der Waals surface area contributed by atoms with E-state index in [2.05, 4.69) is 20.6 Å². The van der Waals surface area contributed by atoms with Crippen molar-refractivity contribution in [3.63, 3.8) is 0 Å². The molecule has 0 radical (unpaired) electrons. The molecule has 0 fully saturated rings. The van der Waals surface area contributed by atoms with Crippen molar-refractivity contribution < 1.29 is 4.79 Å². The number of benzene rings is 1. The van der Waals surface area contributed by atoms with E-state index < -0.39 is 0 Å². The molecule has 1 amide bonds. The van der Waals surface area contributed by atoms with E-state index in [9.17, 15) is 4.79 Å². The van der Waals surface area contributed by atoms with Crippen LogP contribution in [0.3, 0.4) is 0 Å². The van der Waals surface area contributed by atoms with Gasteiger partial charge >= 0.3 is 0 Å². The number of aromatic nitrogens is 5.